The van der Waals surface area contributed by atoms with Gasteiger partial charge in [0.2, 0.25) is 0 Å². The van der Waals surface area contributed by atoms with Crippen LogP contribution < -0.4 is 9.47 Å². The molecule has 0 heterocycles. The van der Waals surface area contributed by atoms with E-state index in [1.54, 1.807) is 0 Å². The topological polar surface area (TPSA) is 18.5 Å². The van der Waals surface area contributed by atoms with Crippen LogP contribution in [-0.4, -0.2) is 13.7 Å². The molecule has 65 valence electrons. The van der Waals surface area contributed by atoms with Crippen molar-refractivity contribution in [3.8, 4) is 11.5 Å². The first-order valence-electron chi connectivity index (χ1n) is 3.66. The fourth-order valence-electron chi connectivity index (χ4n) is 0.838. The summed E-state index contributed by atoms with van der Waals surface area (Å²) >= 11 is 0. The van der Waals surface area contributed by atoms with Gasteiger partial charge in [0.25, 0.3) is 0 Å². The lowest BCUT2D eigenvalue weighted by molar-refractivity contribution is 0.332. The first-order valence-corrected chi connectivity index (χ1v) is 3.66. The van der Waals surface area contributed by atoms with Crippen molar-refractivity contribution >= 4 is 0 Å². The highest BCUT2D eigenvalue weighted by Crippen LogP contribution is 2.22. The molecule has 0 N–H and O–H groups in total. The largest absolute Gasteiger partial charge is 0.494 e. The van der Waals surface area contributed by atoms with E-state index < -0.39 is 5.82 Å². The molecule has 3 heteroatoms. The summed E-state index contributed by atoms with van der Waals surface area (Å²) in [6.45, 7) is 2.40. The average Bonchev–Trinajstić information content (AvgIpc) is 2.09. The highest BCUT2D eigenvalue weighted by Gasteiger charge is 2.03. The number of ether oxygens (including phenoxy) is 2. The molecule has 0 atom stereocenters. The van der Waals surface area contributed by atoms with Crippen LogP contribution >= 0.6 is 0 Å². The molecular weight excluding hydrogens is 159 g/mol. The smallest absolute Gasteiger partial charge is 0.173 e. The molecule has 0 amide bonds. The van der Waals surface area contributed by atoms with Gasteiger partial charge in [-0.2, -0.15) is 0 Å². The summed E-state index contributed by atoms with van der Waals surface area (Å²) in [7, 11) is 1.40. The Morgan fingerprint density at radius 2 is 2.33 bits per heavy atom. The third kappa shape index (κ3) is 1.87. The fourth-order valence-corrected chi connectivity index (χ4v) is 0.838. The molecule has 0 saturated heterocycles. The normalized spacial score (nSPS) is 9.58. The van der Waals surface area contributed by atoms with Crippen molar-refractivity contribution in [2.75, 3.05) is 13.7 Å². The number of benzene rings is 1. The summed E-state index contributed by atoms with van der Waals surface area (Å²) in [5.74, 6) is 0.220. The van der Waals surface area contributed by atoms with Crippen LogP contribution in [0.15, 0.2) is 12.1 Å². The molecule has 0 aromatic heterocycles. The predicted molar refractivity (Wildman–Crippen MR) is 43.0 cm³/mol. The van der Waals surface area contributed by atoms with Crippen molar-refractivity contribution in [3.63, 3.8) is 0 Å². The van der Waals surface area contributed by atoms with Gasteiger partial charge in [-0.15, -0.1) is 0 Å². The second-order valence-corrected chi connectivity index (χ2v) is 2.15. The molecule has 0 saturated carbocycles. The third-order valence-electron chi connectivity index (χ3n) is 1.36. The number of hydrogen-bond donors (Lipinski definition) is 0. The van der Waals surface area contributed by atoms with Gasteiger partial charge >= 0.3 is 0 Å². The molecule has 0 aliphatic rings. The number of hydrogen-bond acceptors (Lipinski definition) is 2. The molecule has 0 fully saturated rings. The summed E-state index contributed by atoms with van der Waals surface area (Å²) in [6, 6.07) is 5.33. The summed E-state index contributed by atoms with van der Waals surface area (Å²) in [4.78, 5) is 0. The maximum Gasteiger partial charge on any atom is 0.173 e. The van der Waals surface area contributed by atoms with Gasteiger partial charge in [-0.25, -0.2) is 4.39 Å². The van der Waals surface area contributed by atoms with E-state index in [-0.39, 0.29) is 5.75 Å². The molecule has 1 aromatic rings. The van der Waals surface area contributed by atoms with Crippen LogP contribution in [0.25, 0.3) is 0 Å². The summed E-state index contributed by atoms with van der Waals surface area (Å²) in [5, 5.41) is 0. The monoisotopic (exact) mass is 169 g/mol. The quantitative estimate of drug-likeness (QED) is 0.689. The summed E-state index contributed by atoms with van der Waals surface area (Å²) < 4.78 is 22.6. The molecule has 1 aromatic carbocycles. The van der Waals surface area contributed by atoms with Crippen LogP contribution in [-0.2, 0) is 0 Å². The van der Waals surface area contributed by atoms with Crippen LogP contribution in [0.5, 0.6) is 11.5 Å². The van der Waals surface area contributed by atoms with Crippen molar-refractivity contribution in [1.29, 1.82) is 0 Å². The van der Waals surface area contributed by atoms with Crippen molar-refractivity contribution in [3.05, 3.63) is 24.0 Å². The molecule has 0 aliphatic heterocycles. The van der Waals surface area contributed by atoms with E-state index in [0.717, 1.165) is 0 Å². The van der Waals surface area contributed by atoms with E-state index in [1.807, 2.05) is 6.92 Å². The Balaban J connectivity index is 2.89. The number of rotatable bonds is 3. The van der Waals surface area contributed by atoms with Gasteiger partial charge in [0, 0.05) is 12.1 Å². The predicted octanol–water partition coefficient (Wildman–Crippen LogP) is 2.03. The zero-order valence-corrected chi connectivity index (χ0v) is 7.06. The second kappa shape index (κ2) is 3.95. The number of halogens is 1. The first kappa shape index (κ1) is 8.84. The Bertz CT molecular complexity index is 261. The molecule has 1 rings (SSSR count). The lowest BCUT2D eigenvalue weighted by Crippen LogP contribution is -1.93. The molecule has 2 nitrogen and oxygen atoms in total. The van der Waals surface area contributed by atoms with Gasteiger partial charge in [0.15, 0.2) is 11.6 Å². The van der Waals surface area contributed by atoms with Gasteiger partial charge in [0.1, 0.15) is 5.75 Å². The lowest BCUT2D eigenvalue weighted by atomic mass is 10.3. The molecule has 0 spiro atoms. The maximum absolute atomic E-state index is 12.8. The van der Waals surface area contributed by atoms with E-state index >= 15 is 0 Å². The molecule has 12 heavy (non-hydrogen) atoms. The Morgan fingerprint density at radius 1 is 1.58 bits per heavy atom. The van der Waals surface area contributed by atoms with Crippen LogP contribution in [0.3, 0.4) is 0 Å². The highest BCUT2D eigenvalue weighted by atomic mass is 19.1. The van der Waals surface area contributed by atoms with Crippen LogP contribution in [0.4, 0.5) is 4.39 Å². The van der Waals surface area contributed by atoms with Crippen LogP contribution in [0.1, 0.15) is 6.92 Å². The molecule has 0 bridgehead atoms. The lowest BCUT2D eigenvalue weighted by Gasteiger charge is -2.05. The van der Waals surface area contributed by atoms with Gasteiger partial charge < -0.3 is 9.47 Å². The standard InChI is InChI=1S/C9H10FO2/c1-3-12-7-4-5-8(10)9(6-7)11-2/h4,6H,3H2,1-2H3. The van der Waals surface area contributed by atoms with E-state index in [1.165, 1.54) is 19.2 Å². The Kier molecular flexibility index (Phi) is 2.91. The minimum absolute atomic E-state index is 0.154. The summed E-state index contributed by atoms with van der Waals surface area (Å²) in [6.07, 6.45) is 0. The van der Waals surface area contributed by atoms with E-state index in [0.29, 0.717) is 12.4 Å². The third-order valence-corrected chi connectivity index (χ3v) is 1.36. The average molecular weight is 169 g/mol. The van der Waals surface area contributed by atoms with E-state index in [4.69, 9.17) is 9.47 Å². The number of methoxy groups -OCH3 is 1. The summed E-state index contributed by atoms with van der Waals surface area (Å²) in [5.41, 5.74) is 0. The van der Waals surface area contributed by atoms with Gasteiger partial charge in [-0.3, -0.25) is 0 Å². The Hall–Kier alpha value is -1.25. The van der Waals surface area contributed by atoms with Gasteiger partial charge in [-0.05, 0) is 13.0 Å². The minimum Gasteiger partial charge on any atom is -0.494 e. The molecule has 1 radical (unpaired) electrons. The van der Waals surface area contributed by atoms with Crippen LogP contribution in [0, 0.1) is 11.9 Å². The van der Waals surface area contributed by atoms with Crippen molar-refractivity contribution in [2.24, 2.45) is 0 Å². The van der Waals surface area contributed by atoms with Crippen molar-refractivity contribution < 1.29 is 13.9 Å². The van der Waals surface area contributed by atoms with E-state index in [9.17, 15) is 4.39 Å². The molecule has 0 aliphatic carbocycles. The Morgan fingerprint density at radius 3 is 2.92 bits per heavy atom. The minimum atomic E-state index is -0.499. The van der Waals surface area contributed by atoms with E-state index in [2.05, 4.69) is 6.07 Å². The fraction of sp³-hybridized carbons (Fsp3) is 0.333. The zero-order chi connectivity index (χ0) is 8.97. The highest BCUT2D eigenvalue weighted by molar-refractivity contribution is 5.33. The molecule has 0 unspecified atom stereocenters. The van der Waals surface area contributed by atoms with Gasteiger partial charge in [-0.1, -0.05) is 0 Å². The first-order chi connectivity index (χ1) is 5.77. The molecular formula is C9H10FO2. The Labute approximate surface area is 70.9 Å². The maximum atomic E-state index is 12.8. The second-order valence-electron chi connectivity index (χ2n) is 2.15. The van der Waals surface area contributed by atoms with Crippen LogP contribution in [0.2, 0.25) is 0 Å². The zero-order valence-electron chi connectivity index (χ0n) is 7.06. The van der Waals surface area contributed by atoms with Gasteiger partial charge in [0.05, 0.1) is 13.7 Å². The van der Waals surface area contributed by atoms with Crippen molar-refractivity contribution in [1.82, 2.24) is 0 Å². The SMILES string of the molecule is CCOc1c[c]c(F)c(OC)c1. The van der Waals surface area contributed by atoms with Crippen molar-refractivity contribution in [2.45, 2.75) is 6.92 Å².